The van der Waals surface area contributed by atoms with Gasteiger partial charge in [0.1, 0.15) is 31.1 Å². The molecule has 0 fully saturated rings. The predicted octanol–water partition coefficient (Wildman–Crippen LogP) is 1.36. The Morgan fingerprint density at radius 1 is 0.516 bits per heavy atom. The molecule has 4 amide bonds. The molecular formula is C39H75N5O16S2. The minimum atomic E-state index is -4.57. The van der Waals surface area contributed by atoms with E-state index in [9.17, 15) is 45.4 Å². The monoisotopic (exact) mass is 933 g/mol. The van der Waals surface area contributed by atoms with Crippen LogP contribution < -0.4 is 26.6 Å². The standard InChI is InChI=1S/C39H75N5O16S2/c1-2-40-33(39(49)50)18-15-16-20-41-36(46)30-59-27-25-57-23-21-42-37(47)31-60-28-26-58-24-22-43-38(48)34(32-62(54,55)56)44-35(45)19-14-12-10-8-6-4-3-5-7-9-11-13-17-29-61(51,52)53/h33-34,40H,2-32H2,1H3,(H,41,46)(H,42,47)(H,43,48)(H,44,45)(H,49,50)(H,51,52,53)(H,54,55,56)/t33-,34-/m0/s1. The Bertz CT molecular complexity index is 1440. The Morgan fingerprint density at radius 2 is 0.984 bits per heavy atom. The van der Waals surface area contributed by atoms with Crippen LogP contribution in [0, 0.1) is 0 Å². The number of carbonyl (C=O) groups excluding carboxylic acids is 4. The van der Waals surface area contributed by atoms with Crippen LogP contribution in [0.25, 0.3) is 0 Å². The Labute approximate surface area is 368 Å². The maximum Gasteiger partial charge on any atom is 0.320 e. The number of amides is 4. The predicted molar refractivity (Wildman–Crippen MR) is 231 cm³/mol. The highest BCUT2D eigenvalue weighted by Crippen LogP contribution is 2.13. The first kappa shape index (κ1) is 59.0. The number of nitrogens with one attached hydrogen (secondary N) is 5. The van der Waals surface area contributed by atoms with Crippen molar-refractivity contribution in [3.63, 3.8) is 0 Å². The molecule has 2 atom stereocenters. The van der Waals surface area contributed by atoms with E-state index < -0.39 is 55.9 Å². The molecule has 0 aliphatic heterocycles. The molecule has 0 aromatic rings. The molecule has 8 N–H and O–H groups in total. The molecule has 0 heterocycles. The Morgan fingerprint density at radius 3 is 1.47 bits per heavy atom. The van der Waals surface area contributed by atoms with Crippen molar-refractivity contribution in [2.75, 3.05) is 90.5 Å². The summed E-state index contributed by atoms with van der Waals surface area (Å²) >= 11 is 0. The van der Waals surface area contributed by atoms with E-state index in [0.29, 0.717) is 45.2 Å². The van der Waals surface area contributed by atoms with Gasteiger partial charge in [0.2, 0.25) is 23.6 Å². The molecule has 0 rings (SSSR count). The van der Waals surface area contributed by atoms with Gasteiger partial charge in [-0.3, -0.25) is 33.1 Å². The molecule has 0 radical (unpaired) electrons. The van der Waals surface area contributed by atoms with E-state index in [1.807, 2.05) is 6.92 Å². The fourth-order valence-electron chi connectivity index (χ4n) is 5.94. The zero-order chi connectivity index (χ0) is 46.3. The summed E-state index contributed by atoms with van der Waals surface area (Å²) in [5.41, 5.74) is 0. The van der Waals surface area contributed by atoms with Crippen LogP contribution in [0.1, 0.15) is 116 Å². The van der Waals surface area contributed by atoms with Crippen molar-refractivity contribution in [1.29, 1.82) is 0 Å². The third-order valence-corrected chi connectivity index (χ3v) is 10.7. The molecule has 364 valence electrons. The molecule has 62 heavy (non-hydrogen) atoms. The van der Waals surface area contributed by atoms with Gasteiger partial charge in [-0.25, -0.2) is 0 Å². The van der Waals surface area contributed by atoms with E-state index in [1.54, 1.807) is 0 Å². The normalized spacial score (nSPS) is 12.7. The van der Waals surface area contributed by atoms with E-state index in [-0.39, 0.29) is 89.9 Å². The van der Waals surface area contributed by atoms with E-state index in [0.717, 1.165) is 70.6 Å². The van der Waals surface area contributed by atoms with Crippen molar-refractivity contribution in [1.82, 2.24) is 26.6 Å². The quantitative estimate of drug-likeness (QED) is 0.0316. The topological polar surface area (TPSA) is 311 Å². The molecule has 23 heteroatoms. The van der Waals surface area contributed by atoms with Crippen LogP contribution in [0.15, 0.2) is 0 Å². The molecule has 0 spiro atoms. The highest BCUT2D eigenvalue weighted by molar-refractivity contribution is 7.86. The van der Waals surface area contributed by atoms with Crippen LogP contribution in [0.3, 0.4) is 0 Å². The average molecular weight is 934 g/mol. The molecule has 0 unspecified atom stereocenters. The molecular weight excluding hydrogens is 859 g/mol. The van der Waals surface area contributed by atoms with E-state index >= 15 is 0 Å². The lowest BCUT2D eigenvalue weighted by Gasteiger charge is -2.17. The molecule has 0 aromatic heterocycles. The maximum absolute atomic E-state index is 12.6. The van der Waals surface area contributed by atoms with Crippen LogP contribution in [0.5, 0.6) is 0 Å². The first-order valence-corrected chi connectivity index (χ1v) is 25.0. The summed E-state index contributed by atoms with van der Waals surface area (Å²) in [6.07, 6.45) is 14.0. The van der Waals surface area contributed by atoms with E-state index in [2.05, 4.69) is 26.6 Å². The van der Waals surface area contributed by atoms with Crippen LogP contribution >= 0.6 is 0 Å². The number of carboxylic acid groups (broad SMARTS) is 1. The molecule has 0 aliphatic rings. The summed E-state index contributed by atoms with van der Waals surface area (Å²) in [6, 6.07) is -2.07. The van der Waals surface area contributed by atoms with Crippen molar-refractivity contribution >= 4 is 49.8 Å². The number of carboxylic acids is 1. The fraction of sp³-hybridized carbons (Fsp3) is 0.872. The third kappa shape index (κ3) is 41.0. The van der Waals surface area contributed by atoms with Gasteiger partial charge in [0.25, 0.3) is 20.2 Å². The fourth-order valence-corrected chi connectivity index (χ4v) is 7.16. The molecule has 0 saturated heterocycles. The largest absolute Gasteiger partial charge is 0.480 e. The minimum absolute atomic E-state index is 0.00944. The van der Waals surface area contributed by atoms with Gasteiger partial charge in [-0.1, -0.05) is 77.6 Å². The minimum Gasteiger partial charge on any atom is -0.480 e. The van der Waals surface area contributed by atoms with Crippen LogP contribution in [0.4, 0.5) is 0 Å². The first-order valence-electron chi connectivity index (χ1n) is 21.8. The second-order valence-electron chi connectivity index (χ2n) is 14.8. The lowest BCUT2D eigenvalue weighted by atomic mass is 10.0. The van der Waals surface area contributed by atoms with Gasteiger partial charge in [-0.2, -0.15) is 16.8 Å². The Kier molecular flexibility index (Phi) is 36.6. The number of likely N-dealkylation sites (N-methyl/N-ethyl adjacent to an activating group) is 1. The van der Waals surface area contributed by atoms with Crippen molar-refractivity contribution in [2.24, 2.45) is 0 Å². The van der Waals surface area contributed by atoms with E-state index in [4.69, 9.17) is 28.6 Å². The number of rotatable bonds is 44. The molecule has 0 bridgehead atoms. The van der Waals surface area contributed by atoms with Crippen molar-refractivity contribution in [2.45, 2.75) is 128 Å². The molecule has 0 aromatic carbocycles. The molecule has 0 saturated carbocycles. The first-order chi connectivity index (χ1) is 29.5. The van der Waals surface area contributed by atoms with Gasteiger partial charge < -0.3 is 50.6 Å². The third-order valence-electron chi connectivity index (χ3n) is 9.15. The SMILES string of the molecule is CCN[C@@H](CCCCNC(=O)COCCOCCNC(=O)COCCOCCNC(=O)[C@H](CS(=O)(=O)O)NC(=O)CCCCCCCCCCCCCCCS(=O)(=O)O)C(=O)O. The second-order valence-corrected chi connectivity index (χ2v) is 17.8. The highest BCUT2D eigenvalue weighted by Gasteiger charge is 2.26. The summed E-state index contributed by atoms with van der Waals surface area (Å²) in [5.74, 6) is -3.99. The van der Waals surface area contributed by atoms with Gasteiger partial charge in [-0.05, 0) is 38.6 Å². The summed E-state index contributed by atoms with van der Waals surface area (Å²) < 4.78 is 83.6. The number of unbranched alkanes of at least 4 members (excludes halogenated alkanes) is 13. The Hall–Kier alpha value is -3.03. The average Bonchev–Trinajstić information content (AvgIpc) is 3.19. The van der Waals surface area contributed by atoms with Crippen molar-refractivity contribution in [3.05, 3.63) is 0 Å². The number of hydrogen-bond donors (Lipinski definition) is 8. The van der Waals surface area contributed by atoms with Crippen LogP contribution in [-0.4, -0.2) is 163 Å². The number of carbonyl (C=O) groups is 5. The van der Waals surface area contributed by atoms with Gasteiger partial charge in [-0.15, -0.1) is 0 Å². The summed E-state index contributed by atoms with van der Waals surface area (Å²) in [5, 5.41) is 22.2. The summed E-state index contributed by atoms with van der Waals surface area (Å²) in [4.78, 5) is 59.9. The van der Waals surface area contributed by atoms with Gasteiger partial charge in [0.05, 0.1) is 45.4 Å². The molecule has 21 nitrogen and oxygen atoms in total. The van der Waals surface area contributed by atoms with E-state index in [1.165, 1.54) is 0 Å². The Balaban J connectivity index is 3.86. The maximum atomic E-state index is 12.6. The number of ether oxygens (including phenoxy) is 4. The molecule has 0 aliphatic carbocycles. The van der Waals surface area contributed by atoms with Crippen molar-refractivity contribution < 1.29 is 74.0 Å². The number of aliphatic carboxylic acids is 1. The van der Waals surface area contributed by atoms with Crippen molar-refractivity contribution in [3.8, 4) is 0 Å². The lowest BCUT2D eigenvalue weighted by Crippen LogP contribution is -2.50. The second kappa shape index (κ2) is 38.4. The van der Waals surface area contributed by atoms with Gasteiger partial charge in [0, 0.05) is 26.1 Å². The summed E-state index contributed by atoms with van der Waals surface area (Å²) in [7, 11) is -8.43. The lowest BCUT2D eigenvalue weighted by molar-refractivity contribution is -0.139. The number of hydrogen-bond acceptors (Lipinski definition) is 14. The zero-order valence-electron chi connectivity index (χ0n) is 36.5. The zero-order valence-corrected chi connectivity index (χ0v) is 38.2. The van der Waals surface area contributed by atoms with Gasteiger partial charge >= 0.3 is 5.97 Å². The summed E-state index contributed by atoms with van der Waals surface area (Å²) in [6.45, 7) is 3.54. The van der Waals surface area contributed by atoms with Gasteiger partial charge in [0.15, 0.2) is 0 Å². The van der Waals surface area contributed by atoms with Crippen LogP contribution in [-0.2, 0) is 63.2 Å². The highest BCUT2D eigenvalue weighted by atomic mass is 32.2. The smallest absolute Gasteiger partial charge is 0.320 e. The van der Waals surface area contributed by atoms with Crippen LogP contribution in [0.2, 0.25) is 0 Å².